The largest absolute Gasteiger partial charge is 0.314 e. The molecular formula is C19H30N2. The van der Waals surface area contributed by atoms with Crippen molar-refractivity contribution in [2.24, 2.45) is 5.92 Å². The molecule has 116 valence electrons. The Morgan fingerprint density at radius 3 is 2.48 bits per heavy atom. The third-order valence-corrected chi connectivity index (χ3v) is 5.39. The summed E-state index contributed by atoms with van der Waals surface area (Å²) in [6.45, 7) is 9.23. The lowest BCUT2D eigenvalue weighted by molar-refractivity contribution is 0.103. The van der Waals surface area contributed by atoms with Gasteiger partial charge in [0.1, 0.15) is 0 Å². The minimum absolute atomic E-state index is 0.646. The van der Waals surface area contributed by atoms with Crippen molar-refractivity contribution in [3.63, 3.8) is 0 Å². The zero-order valence-corrected chi connectivity index (χ0v) is 13.7. The number of aryl methyl sites for hydroxylation is 2. The summed E-state index contributed by atoms with van der Waals surface area (Å²) in [6, 6.07) is 7.68. The molecule has 1 N–H and O–H groups in total. The molecule has 3 rings (SSSR count). The molecule has 1 aliphatic heterocycles. The van der Waals surface area contributed by atoms with Crippen molar-refractivity contribution in [3.05, 3.63) is 34.9 Å². The number of nitrogens with zero attached hydrogens (tertiary/aromatic N) is 1. The van der Waals surface area contributed by atoms with Crippen LogP contribution in [0.2, 0.25) is 0 Å². The number of benzene rings is 1. The summed E-state index contributed by atoms with van der Waals surface area (Å²) in [5, 5.41) is 3.51. The van der Waals surface area contributed by atoms with Gasteiger partial charge in [0.05, 0.1) is 0 Å². The number of nitrogens with one attached hydrogen (secondary N) is 1. The van der Waals surface area contributed by atoms with Crippen molar-refractivity contribution in [1.29, 1.82) is 0 Å². The predicted molar refractivity (Wildman–Crippen MR) is 89.7 cm³/mol. The normalized spacial score (nSPS) is 23.1. The monoisotopic (exact) mass is 286 g/mol. The van der Waals surface area contributed by atoms with Crippen LogP contribution in [-0.4, -0.2) is 31.1 Å². The highest BCUT2D eigenvalue weighted by Gasteiger charge is 2.31. The van der Waals surface area contributed by atoms with E-state index in [0.717, 1.165) is 19.0 Å². The fourth-order valence-corrected chi connectivity index (χ4v) is 4.24. The third kappa shape index (κ3) is 3.49. The second kappa shape index (κ2) is 6.93. The molecule has 2 nitrogen and oxygen atoms in total. The van der Waals surface area contributed by atoms with Crippen LogP contribution in [0.5, 0.6) is 0 Å². The molecule has 1 aliphatic carbocycles. The van der Waals surface area contributed by atoms with Crippen LogP contribution in [0.1, 0.15) is 54.8 Å². The lowest BCUT2D eigenvalue weighted by atomic mass is 9.79. The molecule has 2 heteroatoms. The van der Waals surface area contributed by atoms with E-state index in [-0.39, 0.29) is 0 Å². The first-order chi connectivity index (χ1) is 10.3. The number of piperazine rings is 1. The zero-order valence-electron chi connectivity index (χ0n) is 13.7. The Morgan fingerprint density at radius 2 is 1.76 bits per heavy atom. The summed E-state index contributed by atoms with van der Waals surface area (Å²) in [7, 11) is 0. The Balaban J connectivity index is 1.91. The zero-order chi connectivity index (χ0) is 14.7. The van der Waals surface area contributed by atoms with Gasteiger partial charge in [-0.05, 0) is 43.7 Å². The van der Waals surface area contributed by atoms with E-state index in [0.29, 0.717) is 6.04 Å². The lowest BCUT2D eigenvalue weighted by Gasteiger charge is -2.42. The van der Waals surface area contributed by atoms with Crippen LogP contribution < -0.4 is 5.32 Å². The molecule has 1 saturated heterocycles. The topological polar surface area (TPSA) is 15.3 Å². The van der Waals surface area contributed by atoms with Gasteiger partial charge in [-0.1, -0.05) is 43.0 Å². The minimum atomic E-state index is 0.646. The summed E-state index contributed by atoms with van der Waals surface area (Å²) in [6.07, 6.45) is 7.14. The molecule has 0 aromatic heterocycles. The number of rotatable bonds is 3. The van der Waals surface area contributed by atoms with Crippen molar-refractivity contribution >= 4 is 0 Å². The molecule has 1 aromatic rings. The molecule has 1 heterocycles. The molecule has 0 spiro atoms. The second-order valence-corrected chi connectivity index (χ2v) is 6.99. The SMILES string of the molecule is Cc1ccc(C)c([C@@H](C2CCCCC2)N2CCNCC2)c1. The van der Waals surface area contributed by atoms with Crippen LogP contribution in [-0.2, 0) is 0 Å². The van der Waals surface area contributed by atoms with Gasteiger partial charge in [-0.25, -0.2) is 0 Å². The van der Waals surface area contributed by atoms with Gasteiger partial charge in [0, 0.05) is 32.2 Å². The molecule has 0 radical (unpaired) electrons. The molecule has 1 aromatic carbocycles. The fourth-order valence-electron chi connectivity index (χ4n) is 4.24. The van der Waals surface area contributed by atoms with Gasteiger partial charge in [-0.15, -0.1) is 0 Å². The van der Waals surface area contributed by atoms with E-state index < -0.39 is 0 Å². The van der Waals surface area contributed by atoms with E-state index in [1.807, 2.05) is 0 Å². The van der Waals surface area contributed by atoms with Gasteiger partial charge in [-0.2, -0.15) is 0 Å². The standard InChI is InChI=1S/C19H30N2/c1-15-8-9-16(2)18(14-15)19(17-6-4-3-5-7-17)21-12-10-20-11-13-21/h8-9,14,17,19-20H,3-7,10-13H2,1-2H3/t19-/m1/s1. The van der Waals surface area contributed by atoms with Crippen molar-refractivity contribution in [1.82, 2.24) is 10.2 Å². The number of hydrogen-bond acceptors (Lipinski definition) is 2. The van der Waals surface area contributed by atoms with Crippen molar-refractivity contribution in [3.8, 4) is 0 Å². The average molecular weight is 286 g/mol. The van der Waals surface area contributed by atoms with Crippen LogP contribution in [0.25, 0.3) is 0 Å². The smallest absolute Gasteiger partial charge is 0.0380 e. The molecule has 2 aliphatic rings. The van der Waals surface area contributed by atoms with E-state index in [2.05, 4.69) is 42.3 Å². The molecule has 1 atom stereocenters. The van der Waals surface area contributed by atoms with Gasteiger partial charge in [0.15, 0.2) is 0 Å². The van der Waals surface area contributed by atoms with E-state index in [1.165, 1.54) is 56.3 Å². The lowest BCUT2D eigenvalue weighted by Crippen LogP contribution is -2.47. The summed E-state index contributed by atoms with van der Waals surface area (Å²) in [5.74, 6) is 0.859. The maximum absolute atomic E-state index is 3.51. The Labute approximate surface area is 129 Å². The Morgan fingerprint density at radius 1 is 1.05 bits per heavy atom. The fraction of sp³-hybridized carbons (Fsp3) is 0.684. The summed E-state index contributed by atoms with van der Waals surface area (Å²) < 4.78 is 0. The van der Waals surface area contributed by atoms with E-state index in [1.54, 1.807) is 5.56 Å². The Kier molecular flexibility index (Phi) is 4.97. The van der Waals surface area contributed by atoms with Crippen molar-refractivity contribution < 1.29 is 0 Å². The van der Waals surface area contributed by atoms with Crippen LogP contribution in [0.15, 0.2) is 18.2 Å². The summed E-state index contributed by atoms with van der Waals surface area (Å²) >= 11 is 0. The highest BCUT2D eigenvalue weighted by atomic mass is 15.2. The maximum atomic E-state index is 3.51. The summed E-state index contributed by atoms with van der Waals surface area (Å²) in [5.41, 5.74) is 4.49. The molecule has 1 saturated carbocycles. The predicted octanol–water partition coefficient (Wildman–Crippen LogP) is 3.83. The Bertz CT molecular complexity index is 439. The van der Waals surface area contributed by atoms with Gasteiger partial charge >= 0.3 is 0 Å². The molecule has 2 fully saturated rings. The van der Waals surface area contributed by atoms with E-state index >= 15 is 0 Å². The molecule has 0 unspecified atom stereocenters. The van der Waals surface area contributed by atoms with Crippen LogP contribution in [0.4, 0.5) is 0 Å². The van der Waals surface area contributed by atoms with Gasteiger partial charge < -0.3 is 5.32 Å². The molecular weight excluding hydrogens is 256 g/mol. The third-order valence-electron chi connectivity index (χ3n) is 5.39. The highest BCUT2D eigenvalue weighted by Crippen LogP contribution is 2.39. The van der Waals surface area contributed by atoms with Crippen LogP contribution in [0, 0.1) is 19.8 Å². The highest BCUT2D eigenvalue weighted by molar-refractivity contribution is 5.33. The summed E-state index contributed by atoms with van der Waals surface area (Å²) in [4.78, 5) is 2.76. The first-order valence-electron chi connectivity index (χ1n) is 8.77. The van der Waals surface area contributed by atoms with Crippen LogP contribution >= 0.6 is 0 Å². The average Bonchev–Trinajstić information content (AvgIpc) is 2.53. The van der Waals surface area contributed by atoms with E-state index in [9.17, 15) is 0 Å². The molecule has 0 amide bonds. The van der Waals surface area contributed by atoms with Gasteiger partial charge in [-0.3, -0.25) is 4.90 Å². The quantitative estimate of drug-likeness (QED) is 0.908. The second-order valence-electron chi connectivity index (χ2n) is 6.99. The van der Waals surface area contributed by atoms with Crippen LogP contribution in [0.3, 0.4) is 0 Å². The number of hydrogen-bond donors (Lipinski definition) is 1. The molecule has 0 bridgehead atoms. The van der Waals surface area contributed by atoms with E-state index in [4.69, 9.17) is 0 Å². The van der Waals surface area contributed by atoms with Gasteiger partial charge in [0.2, 0.25) is 0 Å². The van der Waals surface area contributed by atoms with Gasteiger partial charge in [0.25, 0.3) is 0 Å². The Hall–Kier alpha value is -0.860. The maximum Gasteiger partial charge on any atom is 0.0380 e. The first-order valence-corrected chi connectivity index (χ1v) is 8.77. The molecule has 21 heavy (non-hydrogen) atoms. The van der Waals surface area contributed by atoms with Crippen molar-refractivity contribution in [2.75, 3.05) is 26.2 Å². The first kappa shape index (κ1) is 15.1. The minimum Gasteiger partial charge on any atom is -0.314 e. The van der Waals surface area contributed by atoms with Crippen molar-refractivity contribution in [2.45, 2.75) is 52.0 Å².